The zero-order valence-electron chi connectivity index (χ0n) is 12.3. The van der Waals surface area contributed by atoms with Crippen molar-refractivity contribution >= 4 is 0 Å². The van der Waals surface area contributed by atoms with Crippen molar-refractivity contribution in [3.05, 3.63) is 71.3 Å². The fourth-order valence-electron chi connectivity index (χ4n) is 2.47. The van der Waals surface area contributed by atoms with Crippen LogP contribution in [0, 0.1) is 11.6 Å². The molecule has 0 spiro atoms. The van der Waals surface area contributed by atoms with E-state index in [0.717, 1.165) is 30.6 Å². The molecule has 3 heteroatoms. The molecule has 1 nitrogen and oxygen atoms in total. The van der Waals surface area contributed by atoms with Gasteiger partial charge in [0.15, 0.2) is 0 Å². The highest BCUT2D eigenvalue weighted by Crippen LogP contribution is 2.21. The number of benzene rings is 2. The molecule has 0 fully saturated rings. The summed E-state index contributed by atoms with van der Waals surface area (Å²) in [6.45, 7) is 3.79. The summed E-state index contributed by atoms with van der Waals surface area (Å²) in [4.78, 5) is 0. The Morgan fingerprint density at radius 2 is 1.71 bits per heavy atom. The molecule has 0 aliphatic heterocycles. The maximum absolute atomic E-state index is 13.4. The third-order valence-electron chi connectivity index (χ3n) is 3.51. The minimum absolute atomic E-state index is 0.133. The van der Waals surface area contributed by atoms with Crippen LogP contribution in [0.15, 0.2) is 48.5 Å². The molecule has 2 aromatic rings. The van der Waals surface area contributed by atoms with Crippen molar-refractivity contribution in [2.24, 2.45) is 0 Å². The Kier molecular flexibility index (Phi) is 5.88. The summed E-state index contributed by atoms with van der Waals surface area (Å²) >= 11 is 0. The fraction of sp³-hybridized carbons (Fsp3) is 0.333. The van der Waals surface area contributed by atoms with Crippen LogP contribution in [0.1, 0.15) is 30.4 Å². The van der Waals surface area contributed by atoms with Crippen LogP contribution in [-0.2, 0) is 6.42 Å². The largest absolute Gasteiger partial charge is 0.316 e. The van der Waals surface area contributed by atoms with E-state index in [1.807, 2.05) is 12.1 Å². The number of halogens is 2. The minimum atomic E-state index is -0.230. The van der Waals surface area contributed by atoms with Crippen molar-refractivity contribution in [1.29, 1.82) is 0 Å². The lowest BCUT2D eigenvalue weighted by Crippen LogP contribution is -2.23. The Morgan fingerprint density at radius 1 is 1.00 bits per heavy atom. The van der Waals surface area contributed by atoms with Crippen molar-refractivity contribution in [2.75, 3.05) is 13.1 Å². The molecule has 0 amide bonds. The predicted octanol–water partition coefficient (Wildman–Crippen LogP) is 4.29. The molecule has 2 rings (SSSR count). The molecule has 0 heterocycles. The smallest absolute Gasteiger partial charge is 0.123 e. The Hall–Kier alpha value is -1.74. The highest BCUT2D eigenvalue weighted by Gasteiger charge is 2.13. The molecule has 21 heavy (non-hydrogen) atoms. The summed E-state index contributed by atoms with van der Waals surface area (Å²) in [5.74, 6) is -0.326. The summed E-state index contributed by atoms with van der Waals surface area (Å²) in [7, 11) is 0. The molecule has 0 aliphatic carbocycles. The molecule has 1 N–H and O–H groups in total. The van der Waals surface area contributed by atoms with Gasteiger partial charge in [0.05, 0.1) is 0 Å². The Labute approximate surface area is 125 Å². The summed E-state index contributed by atoms with van der Waals surface area (Å²) in [6.07, 6.45) is 1.74. The van der Waals surface area contributed by atoms with Gasteiger partial charge in [0.1, 0.15) is 11.6 Å². The van der Waals surface area contributed by atoms with Gasteiger partial charge in [0.25, 0.3) is 0 Å². The Balaban J connectivity index is 2.15. The van der Waals surface area contributed by atoms with Crippen LogP contribution in [0.5, 0.6) is 0 Å². The number of hydrogen-bond acceptors (Lipinski definition) is 1. The zero-order valence-corrected chi connectivity index (χ0v) is 12.3. The second-order valence-corrected chi connectivity index (χ2v) is 5.29. The van der Waals surface area contributed by atoms with Crippen molar-refractivity contribution < 1.29 is 8.78 Å². The molecule has 0 saturated heterocycles. The Bertz CT molecular complexity index is 569. The minimum Gasteiger partial charge on any atom is -0.316 e. The SMILES string of the molecule is CCCNCC(Cc1cccc(F)c1)c1cccc(F)c1. The first kappa shape index (κ1) is 15.6. The van der Waals surface area contributed by atoms with Crippen LogP contribution in [0.3, 0.4) is 0 Å². The molecule has 0 aromatic heterocycles. The third kappa shape index (κ3) is 4.94. The normalized spacial score (nSPS) is 12.3. The van der Waals surface area contributed by atoms with Crippen LogP contribution in [0.4, 0.5) is 8.78 Å². The average molecular weight is 289 g/mol. The molecule has 2 aromatic carbocycles. The molecular formula is C18H21F2N. The van der Waals surface area contributed by atoms with Crippen molar-refractivity contribution in [3.63, 3.8) is 0 Å². The molecule has 1 unspecified atom stereocenters. The highest BCUT2D eigenvalue weighted by atomic mass is 19.1. The van der Waals surface area contributed by atoms with E-state index in [1.165, 1.54) is 12.1 Å². The van der Waals surface area contributed by atoms with Crippen molar-refractivity contribution in [1.82, 2.24) is 5.32 Å². The van der Waals surface area contributed by atoms with E-state index in [-0.39, 0.29) is 17.6 Å². The predicted molar refractivity (Wildman–Crippen MR) is 82.4 cm³/mol. The molecule has 0 radical (unpaired) electrons. The van der Waals surface area contributed by atoms with Gasteiger partial charge in [-0.2, -0.15) is 0 Å². The van der Waals surface area contributed by atoms with Crippen LogP contribution in [0.25, 0.3) is 0 Å². The lowest BCUT2D eigenvalue weighted by molar-refractivity contribution is 0.566. The van der Waals surface area contributed by atoms with Gasteiger partial charge in [-0.25, -0.2) is 8.78 Å². The van der Waals surface area contributed by atoms with Crippen LogP contribution >= 0.6 is 0 Å². The fourth-order valence-corrected chi connectivity index (χ4v) is 2.47. The van der Waals surface area contributed by atoms with Gasteiger partial charge in [-0.05, 0) is 54.8 Å². The zero-order chi connectivity index (χ0) is 15.1. The highest BCUT2D eigenvalue weighted by molar-refractivity contribution is 5.25. The lowest BCUT2D eigenvalue weighted by Gasteiger charge is -2.18. The molecular weight excluding hydrogens is 268 g/mol. The summed E-state index contributed by atoms with van der Waals surface area (Å²) in [5.41, 5.74) is 1.88. The van der Waals surface area contributed by atoms with Gasteiger partial charge < -0.3 is 5.32 Å². The summed E-state index contributed by atoms with van der Waals surface area (Å²) in [5, 5.41) is 3.37. The van der Waals surface area contributed by atoms with E-state index >= 15 is 0 Å². The first-order valence-corrected chi connectivity index (χ1v) is 7.39. The van der Waals surface area contributed by atoms with Gasteiger partial charge in [-0.3, -0.25) is 0 Å². The Morgan fingerprint density at radius 3 is 2.38 bits per heavy atom. The molecule has 112 valence electrons. The monoisotopic (exact) mass is 289 g/mol. The maximum atomic E-state index is 13.4. The second kappa shape index (κ2) is 7.89. The quantitative estimate of drug-likeness (QED) is 0.750. The van der Waals surface area contributed by atoms with E-state index in [9.17, 15) is 8.78 Å². The van der Waals surface area contributed by atoms with Crippen LogP contribution < -0.4 is 5.32 Å². The van der Waals surface area contributed by atoms with Gasteiger partial charge >= 0.3 is 0 Å². The van der Waals surface area contributed by atoms with Gasteiger partial charge in [0.2, 0.25) is 0 Å². The van der Waals surface area contributed by atoms with Gasteiger partial charge in [-0.1, -0.05) is 31.2 Å². The standard InChI is InChI=1S/C18H21F2N/c1-2-9-21-13-16(15-6-4-8-18(20)12-15)10-14-5-3-7-17(19)11-14/h3-8,11-12,16,21H,2,9-10,13H2,1H3. The number of hydrogen-bond donors (Lipinski definition) is 1. The van der Waals surface area contributed by atoms with E-state index in [0.29, 0.717) is 6.42 Å². The van der Waals surface area contributed by atoms with Crippen LogP contribution in [0.2, 0.25) is 0 Å². The third-order valence-corrected chi connectivity index (χ3v) is 3.51. The summed E-state index contributed by atoms with van der Waals surface area (Å²) in [6, 6.07) is 13.3. The first-order chi connectivity index (χ1) is 10.2. The van der Waals surface area contributed by atoms with E-state index in [4.69, 9.17) is 0 Å². The van der Waals surface area contributed by atoms with Gasteiger partial charge in [-0.15, -0.1) is 0 Å². The van der Waals surface area contributed by atoms with Crippen molar-refractivity contribution in [3.8, 4) is 0 Å². The lowest BCUT2D eigenvalue weighted by atomic mass is 9.91. The second-order valence-electron chi connectivity index (χ2n) is 5.29. The van der Waals surface area contributed by atoms with E-state index in [2.05, 4.69) is 12.2 Å². The van der Waals surface area contributed by atoms with Gasteiger partial charge in [0, 0.05) is 12.5 Å². The first-order valence-electron chi connectivity index (χ1n) is 7.39. The van der Waals surface area contributed by atoms with Crippen molar-refractivity contribution in [2.45, 2.75) is 25.7 Å². The topological polar surface area (TPSA) is 12.0 Å². The number of rotatable bonds is 7. The molecule has 1 atom stereocenters. The van der Waals surface area contributed by atoms with Crippen LogP contribution in [-0.4, -0.2) is 13.1 Å². The average Bonchev–Trinajstić information content (AvgIpc) is 2.46. The molecule has 0 bridgehead atoms. The maximum Gasteiger partial charge on any atom is 0.123 e. The van der Waals surface area contributed by atoms with E-state index < -0.39 is 0 Å². The molecule has 0 saturated carbocycles. The molecule has 0 aliphatic rings. The van der Waals surface area contributed by atoms with E-state index in [1.54, 1.807) is 24.3 Å². The number of nitrogens with one attached hydrogen (secondary N) is 1. The summed E-state index contributed by atoms with van der Waals surface area (Å²) < 4.78 is 26.8.